The first-order valence-electron chi connectivity index (χ1n) is 5.83. The number of carbonyl (C=O) groups excluding carboxylic acids is 1. The fourth-order valence-corrected chi connectivity index (χ4v) is 2.30. The van der Waals surface area contributed by atoms with Gasteiger partial charge in [0.2, 0.25) is 0 Å². The van der Waals surface area contributed by atoms with Crippen LogP contribution in [0.1, 0.15) is 29.8 Å². The van der Waals surface area contributed by atoms with Gasteiger partial charge in [-0.3, -0.25) is 9.48 Å². The van der Waals surface area contributed by atoms with E-state index < -0.39 is 0 Å². The Balaban J connectivity index is 1.94. The van der Waals surface area contributed by atoms with Gasteiger partial charge in [0.1, 0.15) is 5.69 Å². The summed E-state index contributed by atoms with van der Waals surface area (Å²) in [6.07, 6.45) is 3.98. The minimum Gasteiger partial charge on any atom is -0.396 e. The van der Waals surface area contributed by atoms with Gasteiger partial charge in [-0.1, -0.05) is 6.42 Å². The number of rotatable bonds is 3. The summed E-state index contributed by atoms with van der Waals surface area (Å²) in [4.78, 5) is 11.9. The zero-order chi connectivity index (χ0) is 12.4. The van der Waals surface area contributed by atoms with E-state index in [-0.39, 0.29) is 17.9 Å². The van der Waals surface area contributed by atoms with Crippen LogP contribution in [0.15, 0.2) is 6.20 Å². The molecule has 1 aliphatic rings. The van der Waals surface area contributed by atoms with Crippen LogP contribution in [0.4, 0.5) is 5.69 Å². The van der Waals surface area contributed by atoms with Crippen LogP contribution in [-0.2, 0) is 7.05 Å². The summed E-state index contributed by atoms with van der Waals surface area (Å²) in [7, 11) is 1.68. The molecule has 0 saturated heterocycles. The second-order valence-corrected chi connectivity index (χ2v) is 4.54. The molecule has 1 aromatic heterocycles. The van der Waals surface area contributed by atoms with Crippen molar-refractivity contribution < 1.29 is 9.90 Å². The number of aliphatic hydroxyl groups is 1. The maximum absolute atomic E-state index is 11.9. The van der Waals surface area contributed by atoms with Crippen molar-refractivity contribution >= 4 is 11.6 Å². The number of amides is 1. The Bertz CT molecular complexity index is 396. The average molecular weight is 238 g/mol. The second kappa shape index (κ2) is 4.75. The molecule has 94 valence electrons. The maximum atomic E-state index is 11.9. The number of nitrogens with zero attached hydrogens (tertiary/aromatic N) is 2. The topological polar surface area (TPSA) is 93.2 Å². The number of aromatic nitrogens is 2. The fourth-order valence-electron chi connectivity index (χ4n) is 2.30. The van der Waals surface area contributed by atoms with Gasteiger partial charge in [-0.25, -0.2) is 0 Å². The third kappa shape index (κ3) is 2.41. The van der Waals surface area contributed by atoms with E-state index in [2.05, 4.69) is 10.4 Å². The van der Waals surface area contributed by atoms with E-state index in [0.717, 1.165) is 19.3 Å². The molecule has 1 amide bonds. The van der Waals surface area contributed by atoms with Crippen molar-refractivity contribution in [1.29, 1.82) is 0 Å². The standard InChI is InChI=1S/C11H18N4O2/c1-15-10(8(12)6-14-15)11(17)13-5-7-3-2-4-9(7)16/h6-7,9,16H,2-5,12H2,1H3,(H,13,17). The minimum absolute atomic E-state index is 0.161. The molecule has 1 aliphatic carbocycles. The summed E-state index contributed by atoms with van der Waals surface area (Å²) >= 11 is 0. The summed E-state index contributed by atoms with van der Waals surface area (Å²) in [6, 6.07) is 0. The Hall–Kier alpha value is -1.56. The van der Waals surface area contributed by atoms with Crippen molar-refractivity contribution in [3.8, 4) is 0 Å². The predicted octanol–water partition coefficient (Wildman–Crippen LogP) is -0.107. The number of aryl methyl sites for hydroxylation is 1. The lowest BCUT2D eigenvalue weighted by Crippen LogP contribution is -2.33. The van der Waals surface area contributed by atoms with E-state index in [1.807, 2.05) is 0 Å². The van der Waals surface area contributed by atoms with Gasteiger partial charge in [-0.05, 0) is 12.8 Å². The van der Waals surface area contributed by atoms with Crippen molar-refractivity contribution in [3.63, 3.8) is 0 Å². The van der Waals surface area contributed by atoms with Crippen LogP contribution in [0.25, 0.3) is 0 Å². The molecule has 0 aromatic carbocycles. The van der Waals surface area contributed by atoms with Crippen molar-refractivity contribution in [2.75, 3.05) is 12.3 Å². The molecule has 2 atom stereocenters. The molecule has 17 heavy (non-hydrogen) atoms. The van der Waals surface area contributed by atoms with E-state index in [1.54, 1.807) is 7.05 Å². The molecule has 2 rings (SSSR count). The molecule has 0 spiro atoms. The molecular weight excluding hydrogens is 220 g/mol. The van der Waals surface area contributed by atoms with E-state index in [1.165, 1.54) is 10.9 Å². The van der Waals surface area contributed by atoms with E-state index >= 15 is 0 Å². The molecule has 1 heterocycles. The van der Waals surface area contributed by atoms with Gasteiger partial charge in [0.25, 0.3) is 5.91 Å². The van der Waals surface area contributed by atoms with Gasteiger partial charge >= 0.3 is 0 Å². The quantitative estimate of drug-likeness (QED) is 0.685. The monoisotopic (exact) mass is 238 g/mol. The van der Waals surface area contributed by atoms with Gasteiger partial charge < -0.3 is 16.2 Å². The number of hydrogen-bond donors (Lipinski definition) is 3. The van der Waals surface area contributed by atoms with Crippen LogP contribution in [-0.4, -0.2) is 33.4 Å². The molecule has 0 bridgehead atoms. The lowest BCUT2D eigenvalue weighted by atomic mass is 10.1. The molecule has 6 nitrogen and oxygen atoms in total. The van der Waals surface area contributed by atoms with Crippen LogP contribution in [0.5, 0.6) is 0 Å². The highest BCUT2D eigenvalue weighted by atomic mass is 16.3. The highest BCUT2D eigenvalue weighted by Crippen LogP contribution is 2.24. The SMILES string of the molecule is Cn1ncc(N)c1C(=O)NCC1CCCC1O. The molecule has 1 aromatic rings. The first-order chi connectivity index (χ1) is 8.09. The Morgan fingerprint density at radius 3 is 3.00 bits per heavy atom. The van der Waals surface area contributed by atoms with Crippen LogP contribution in [0.3, 0.4) is 0 Å². The molecule has 2 unspecified atom stereocenters. The molecule has 1 saturated carbocycles. The van der Waals surface area contributed by atoms with Crippen molar-refractivity contribution in [2.24, 2.45) is 13.0 Å². The van der Waals surface area contributed by atoms with Gasteiger partial charge in [0, 0.05) is 19.5 Å². The third-order valence-corrected chi connectivity index (χ3v) is 3.33. The van der Waals surface area contributed by atoms with Crippen molar-refractivity contribution in [3.05, 3.63) is 11.9 Å². The maximum Gasteiger partial charge on any atom is 0.271 e. The van der Waals surface area contributed by atoms with E-state index in [0.29, 0.717) is 17.9 Å². The number of anilines is 1. The van der Waals surface area contributed by atoms with Crippen LogP contribution >= 0.6 is 0 Å². The number of carbonyl (C=O) groups is 1. The van der Waals surface area contributed by atoms with Crippen molar-refractivity contribution in [1.82, 2.24) is 15.1 Å². The normalized spacial score (nSPS) is 23.9. The fraction of sp³-hybridized carbons (Fsp3) is 0.636. The predicted molar refractivity (Wildman–Crippen MR) is 63.3 cm³/mol. The zero-order valence-electron chi connectivity index (χ0n) is 9.89. The van der Waals surface area contributed by atoms with Gasteiger partial charge in [0.15, 0.2) is 0 Å². The van der Waals surface area contributed by atoms with Gasteiger partial charge in [-0.15, -0.1) is 0 Å². The summed E-state index contributed by atoms with van der Waals surface area (Å²) in [5.41, 5.74) is 6.40. The first kappa shape index (κ1) is 11.9. The van der Waals surface area contributed by atoms with Crippen LogP contribution in [0.2, 0.25) is 0 Å². The lowest BCUT2D eigenvalue weighted by molar-refractivity contribution is 0.0908. The first-order valence-corrected chi connectivity index (χ1v) is 5.83. The summed E-state index contributed by atoms with van der Waals surface area (Å²) in [5.74, 6) is -0.0741. The number of nitrogen functional groups attached to an aromatic ring is 1. The van der Waals surface area contributed by atoms with Crippen molar-refractivity contribution in [2.45, 2.75) is 25.4 Å². The molecule has 4 N–H and O–H groups in total. The summed E-state index contributed by atoms with van der Waals surface area (Å²) in [5, 5.41) is 16.4. The zero-order valence-corrected chi connectivity index (χ0v) is 9.89. The molecule has 6 heteroatoms. The third-order valence-electron chi connectivity index (χ3n) is 3.33. The summed E-state index contributed by atoms with van der Waals surface area (Å²) in [6.45, 7) is 0.491. The van der Waals surface area contributed by atoms with E-state index in [4.69, 9.17) is 5.73 Å². The average Bonchev–Trinajstić information content (AvgIpc) is 2.83. The number of aliphatic hydroxyl groups excluding tert-OH is 1. The number of hydrogen-bond acceptors (Lipinski definition) is 4. The Morgan fingerprint density at radius 2 is 2.47 bits per heavy atom. The Labute approximate surface area is 99.8 Å². The molecule has 0 radical (unpaired) electrons. The molecule has 0 aliphatic heterocycles. The van der Waals surface area contributed by atoms with Crippen LogP contribution in [0, 0.1) is 5.92 Å². The highest BCUT2D eigenvalue weighted by molar-refractivity contribution is 5.97. The van der Waals surface area contributed by atoms with Gasteiger partial charge in [-0.2, -0.15) is 5.10 Å². The Morgan fingerprint density at radius 1 is 1.71 bits per heavy atom. The smallest absolute Gasteiger partial charge is 0.271 e. The van der Waals surface area contributed by atoms with Gasteiger partial charge in [0.05, 0.1) is 18.0 Å². The Kier molecular flexibility index (Phi) is 3.33. The number of nitrogens with one attached hydrogen (secondary N) is 1. The highest BCUT2D eigenvalue weighted by Gasteiger charge is 2.26. The van der Waals surface area contributed by atoms with Crippen LogP contribution < -0.4 is 11.1 Å². The second-order valence-electron chi connectivity index (χ2n) is 4.54. The minimum atomic E-state index is -0.292. The number of nitrogens with two attached hydrogens (primary N) is 1. The lowest BCUT2D eigenvalue weighted by Gasteiger charge is -2.15. The summed E-state index contributed by atoms with van der Waals surface area (Å²) < 4.78 is 1.45. The largest absolute Gasteiger partial charge is 0.396 e. The molecular formula is C11H18N4O2. The molecule has 1 fully saturated rings. The van der Waals surface area contributed by atoms with E-state index in [9.17, 15) is 9.90 Å².